The molecule has 0 unspecified atom stereocenters. The fourth-order valence-electron chi connectivity index (χ4n) is 10.6. The molecule has 1 spiro atoms. The lowest BCUT2D eigenvalue weighted by molar-refractivity contribution is 0.0456. The van der Waals surface area contributed by atoms with Crippen LogP contribution >= 0.6 is 11.6 Å². The third-order valence-electron chi connectivity index (χ3n) is 13.7. The van der Waals surface area contributed by atoms with Gasteiger partial charge in [0.25, 0.3) is 14.2 Å². The smallest absolute Gasteiger partial charge is 0.264 e. The van der Waals surface area contributed by atoms with Crippen LogP contribution in [0.3, 0.4) is 0 Å². The molecule has 2 N–H and O–H groups in total. The average Bonchev–Trinajstić information content (AvgIpc) is 3.35. The number of allylic oxidation sites excluding steroid dienone is 1. The number of halogens is 1. The number of fused-ring (bicyclic) bond motifs is 4. The maximum absolute atomic E-state index is 14.5. The summed E-state index contributed by atoms with van der Waals surface area (Å²) in [6.45, 7) is 10.4. The van der Waals surface area contributed by atoms with Crippen LogP contribution in [0.4, 0.5) is 5.69 Å². The number of rotatable bonds is 6. The zero-order valence-electron chi connectivity index (χ0n) is 35.3. The molecular weight excluding hydrogens is 808 g/mol. The molecule has 2 aliphatic carbocycles. The molecule has 8 rings (SSSR count). The number of amides is 1. The van der Waals surface area contributed by atoms with Crippen LogP contribution in [-0.2, 0) is 26.3 Å². The lowest BCUT2D eigenvalue weighted by Gasteiger charge is -2.45. The third kappa shape index (κ3) is 8.35. The van der Waals surface area contributed by atoms with Gasteiger partial charge in [-0.3, -0.25) is 4.79 Å². The number of hydrogen-bond acceptors (Lipinski definition) is 7. The molecule has 1 amide bonds. The first-order valence-corrected chi connectivity index (χ1v) is 25.5. The molecule has 0 saturated heterocycles. The first kappa shape index (κ1) is 42.7. The Labute approximate surface area is 362 Å². The number of carbonyl (C=O) groups excluding carboxylic acids is 1. The van der Waals surface area contributed by atoms with Crippen LogP contribution in [0, 0.1) is 11.8 Å². The van der Waals surface area contributed by atoms with Crippen molar-refractivity contribution >= 4 is 51.9 Å². The van der Waals surface area contributed by atoms with Crippen molar-refractivity contribution in [1.82, 2.24) is 4.72 Å². The van der Waals surface area contributed by atoms with Gasteiger partial charge in [0.1, 0.15) is 5.75 Å². The Morgan fingerprint density at radius 2 is 1.70 bits per heavy atom. The van der Waals surface area contributed by atoms with Crippen LogP contribution < -0.4 is 24.7 Å². The van der Waals surface area contributed by atoms with E-state index in [1.54, 1.807) is 12.1 Å². The second-order valence-corrected chi connectivity index (χ2v) is 25.4. The molecule has 0 radical (unpaired) electrons. The second-order valence-electron chi connectivity index (χ2n) is 18.7. The van der Waals surface area contributed by atoms with E-state index in [1.807, 2.05) is 67.6 Å². The minimum absolute atomic E-state index is 0.0704. The Kier molecular flexibility index (Phi) is 12.2. The summed E-state index contributed by atoms with van der Waals surface area (Å²) in [6, 6.07) is 32.1. The van der Waals surface area contributed by atoms with Gasteiger partial charge in [0.2, 0.25) is 10.0 Å². The topological polar surface area (TPSA) is 105 Å². The Balaban J connectivity index is 1.12. The van der Waals surface area contributed by atoms with Gasteiger partial charge >= 0.3 is 0 Å². The van der Waals surface area contributed by atoms with E-state index < -0.39 is 41.7 Å². The number of aliphatic hydroxyl groups excluding tert-OH is 1. The quantitative estimate of drug-likeness (QED) is 0.148. The number of anilines is 1. The van der Waals surface area contributed by atoms with Crippen molar-refractivity contribution in [1.29, 1.82) is 0 Å². The van der Waals surface area contributed by atoms with Crippen LogP contribution in [-0.4, -0.2) is 64.9 Å². The Morgan fingerprint density at radius 1 is 0.983 bits per heavy atom. The summed E-state index contributed by atoms with van der Waals surface area (Å²) in [6.07, 6.45) is 8.32. The summed E-state index contributed by atoms with van der Waals surface area (Å²) in [4.78, 5) is 16.5. The van der Waals surface area contributed by atoms with E-state index in [-0.39, 0.29) is 40.7 Å². The fourth-order valence-corrected chi connectivity index (χ4v) is 17.0. The maximum Gasteiger partial charge on any atom is 0.264 e. The summed E-state index contributed by atoms with van der Waals surface area (Å²) >= 11 is 6.48. The van der Waals surface area contributed by atoms with Gasteiger partial charge in [0.05, 0.1) is 23.6 Å². The van der Waals surface area contributed by atoms with Gasteiger partial charge < -0.3 is 19.2 Å². The van der Waals surface area contributed by atoms with Crippen molar-refractivity contribution in [2.75, 3.05) is 24.6 Å². The highest BCUT2D eigenvalue weighted by molar-refractivity contribution is 7.90. The first-order chi connectivity index (χ1) is 28.7. The monoisotopic (exact) mass is 866 g/mol. The normalized spacial score (nSPS) is 26.6. The highest BCUT2D eigenvalue weighted by Crippen LogP contribution is 2.47. The molecule has 1 fully saturated rings. The molecule has 8 nitrogen and oxygen atoms in total. The van der Waals surface area contributed by atoms with E-state index in [9.17, 15) is 18.3 Å². The molecule has 4 aromatic rings. The molecule has 2 heterocycles. The molecule has 4 aliphatic rings. The third-order valence-corrected chi connectivity index (χ3v) is 20.9. The lowest BCUT2D eigenvalue weighted by atomic mass is 9.68. The number of hydrogen-bond donors (Lipinski definition) is 2. The molecule has 2 aliphatic heterocycles. The van der Waals surface area contributed by atoms with Crippen LogP contribution in [0.15, 0.2) is 109 Å². The van der Waals surface area contributed by atoms with Crippen LogP contribution in [0.2, 0.25) is 10.1 Å². The maximum atomic E-state index is 14.5. The van der Waals surface area contributed by atoms with Crippen molar-refractivity contribution in [3.8, 4) is 5.75 Å². The number of nitrogens with zero attached hydrogens (tertiary/aromatic N) is 1. The molecule has 318 valence electrons. The molecular formula is C49H59ClN2O6SSi. The van der Waals surface area contributed by atoms with E-state index in [4.69, 9.17) is 20.8 Å². The lowest BCUT2D eigenvalue weighted by Crippen LogP contribution is -2.67. The number of carbonyl (C=O) groups is 1. The first-order valence-electron chi connectivity index (χ1n) is 21.7. The number of ether oxygens (including phenoxy) is 1. The van der Waals surface area contributed by atoms with Crippen molar-refractivity contribution < 1.29 is 27.5 Å². The van der Waals surface area contributed by atoms with Gasteiger partial charge in [0, 0.05) is 35.2 Å². The van der Waals surface area contributed by atoms with Crippen LogP contribution in [0.25, 0.3) is 0 Å². The number of sulfonamides is 1. The average molecular weight is 868 g/mol. The summed E-state index contributed by atoms with van der Waals surface area (Å²) < 4.78 is 45.5. The zero-order valence-corrected chi connectivity index (χ0v) is 37.9. The Hall–Kier alpha value is -3.93. The zero-order chi connectivity index (χ0) is 42.3. The molecule has 4 aromatic carbocycles. The standard InChI is InChI=1S/C49H59ClN2O6SSi/c1-34(58-60(48(2,3)4,40-16-7-5-8-17-40)41-18-9-6-10-19-41)28-39-15-11-12-20-45(53)42-24-21-37(42)31-52-32-49(27-13-14-35-29-38(50)23-25-43(35)49)33-57-46-26-22-36(30-44(46)52)47(54)51-59(39,55)56/h5-10,12,16-20,22-23,25-26,29-30,34,37,39,42,45,53H,11,13-15,21,24,27-28,31-33H2,1-4H3,(H,51,54)/b20-12+/t34-,37-,39-,42+,45-,49-/m0/s1. The predicted molar refractivity (Wildman–Crippen MR) is 244 cm³/mol. The van der Waals surface area contributed by atoms with Crippen molar-refractivity contribution in [2.45, 2.75) is 107 Å². The molecule has 2 bridgehead atoms. The van der Waals surface area contributed by atoms with E-state index in [1.165, 1.54) is 11.1 Å². The van der Waals surface area contributed by atoms with Gasteiger partial charge in [-0.2, -0.15) is 0 Å². The van der Waals surface area contributed by atoms with Gasteiger partial charge in [-0.25, -0.2) is 13.1 Å². The number of benzene rings is 4. The SMILES string of the molecule is C[C@@H](C[C@@H]1CC/C=C/[C@H](O)[C@@H]2CC[C@H]2CN2C[C@@]3(CCCc4cc(Cl)ccc43)COc3ccc(cc32)C(=O)NS1(=O)=O)O[Si](c1ccccc1)(c1ccccc1)C(C)(C)C. The molecule has 0 aromatic heterocycles. The summed E-state index contributed by atoms with van der Waals surface area (Å²) in [7, 11) is -7.20. The predicted octanol–water partition coefficient (Wildman–Crippen LogP) is 8.33. The minimum atomic E-state index is -4.20. The molecule has 6 atom stereocenters. The van der Waals surface area contributed by atoms with Gasteiger partial charge in [-0.15, -0.1) is 0 Å². The van der Waals surface area contributed by atoms with Gasteiger partial charge in [-0.05, 0) is 127 Å². The highest BCUT2D eigenvalue weighted by atomic mass is 35.5. The summed E-state index contributed by atoms with van der Waals surface area (Å²) in [5.74, 6) is 0.302. The van der Waals surface area contributed by atoms with E-state index >= 15 is 0 Å². The minimum Gasteiger partial charge on any atom is -0.490 e. The van der Waals surface area contributed by atoms with Crippen molar-refractivity contribution in [3.63, 3.8) is 0 Å². The summed E-state index contributed by atoms with van der Waals surface area (Å²) in [5.41, 5.74) is 3.21. The number of nitrogens with one attached hydrogen (secondary N) is 1. The number of aliphatic hydroxyl groups is 1. The fraction of sp³-hybridized carbons (Fsp3) is 0.449. The van der Waals surface area contributed by atoms with Gasteiger partial charge in [-0.1, -0.05) is 111 Å². The van der Waals surface area contributed by atoms with Gasteiger partial charge in [0.15, 0.2) is 0 Å². The van der Waals surface area contributed by atoms with E-state index in [2.05, 4.69) is 66.8 Å². The summed E-state index contributed by atoms with van der Waals surface area (Å²) in [5, 5.41) is 13.3. The Morgan fingerprint density at radius 3 is 2.37 bits per heavy atom. The van der Waals surface area contributed by atoms with E-state index in [0.717, 1.165) is 53.2 Å². The number of aryl methyl sites for hydroxylation is 1. The molecule has 1 saturated carbocycles. The Bertz CT molecular complexity index is 2280. The van der Waals surface area contributed by atoms with Crippen molar-refractivity contribution in [3.05, 3.63) is 131 Å². The van der Waals surface area contributed by atoms with Crippen LogP contribution in [0.1, 0.15) is 94.1 Å². The second kappa shape index (κ2) is 17.1. The van der Waals surface area contributed by atoms with E-state index in [0.29, 0.717) is 31.9 Å². The highest BCUT2D eigenvalue weighted by Gasteiger charge is 2.51. The van der Waals surface area contributed by atoms with Crippen LogP contribution in [0.5, 0.6) is 5.75 Å². The molecule has 60 heavy (non-hydrogen) atoms. The largest absolute Gasteiger partial charge is 0.490 e. The van der Waals surface area contributed by atoms with Crippen molar-refractivity contribution in [2.24, 2.45) is 11.8 Å². The molecule has 11 heteroatoms.